The molecule has 0 aromatic carbocycles. The number of carbonyl (C=O) groups excluding carboxylic acids is 1. The van der Waals surface area contributed by atoms with Crippen molar-refractivity contribution in [3.63, 3.8) is 0 Å². The van der Waals surface area contributed by atoms with Crippen molar-refractivity contribution in [2.75, 3.05) is 7.11 Å². The van der Waals surface area contributed by atoms with Crippen molar-refractivity contribution in [1.82, 2.24) is 0 Å². The minimum absolute atomic E-state index is 0.928. The molecule has 14 heavy (non-hydrogen) atoms. The summed E-state index contributed by atoms with van der Waals surface area (Å²) in [7, 11) is 1.07. The number of hydrogen-bond donors (Lipinski definition) is 4. The molecule has 0 aromatic heterocycles. The monoisotopic (exact) mass is 208 g/mol. The van der Waals surface area contributed by atoms with Gasteiger partial charge in [0.2, 0.25) is 0 Å². The Morgan fingerprint density at radius 1 is 1.14 bits per heavy atom. The van der Waals surface area contributed by atoms with Gasteiger partial charge in [0.05, 0.1) is 7.11 Å². The molecule has 0 saturated carbocycles. The number of esters is 1. The number of methoxy groups -OCH3 is 1. The molecule has 0 bridgehead atoms. The Hall–Kier alpha value is -0.730. The van der Waals surface area contributed by atoms with Gasteiger partial charge in [-0.25, -0.2) is 4.79 Å². The molecule has 82 valence electrons. The van der Waals surface area contributed by atoms with Crippen molar-refractivity contribution in [2.24, 2.45) is 0 Å². The molecule has 5 atom stereocenters. The van der Waals surface area contributed by atoms with Crippen LogP contribution in [0.5, 0.6) is 0 Å². The quantitative estimate of drug-likeness (QED) is 0.338. The summed E-state index contributed by atoms with van der Waals surface area (Å²) in [6.45, 7) is 0. The van der Waals surface area contributed by atoms with Gasteiger partial charge in [-0.15, -0.1) is 0 Å². The molecule has 1 aliphatic rings. The summed E-state index contributed by atoms with van der Waals surface area (Å²) in [5.41, 5.74) is 0. The zero-order chi connectivity index (χ0) is 10.9. The molecule has 1 heterocycles. The lowest BCUT2D eigenvalue weighted by Crippen LogP contribution is -2.59. The van der Waals surface area contributed by atoms with E-state index < -0.39 is 36.7 Å². The normalized spacial score (nSPS) is 43.4. The molecule has 1 rings (SSSR count). The number of aliphatic hydroxyl groups is 4. The SMILES string of the molecule is COC(=O)[C@H]1O[C@H](O)[C@H](O)[C@@H](O)[C@H]1O. The number of carbonyl (C=O) groups is 1. The van der Waals surface area contributed by atoms with Crippen LogP contribution in [0.1, 0.15) is 0 Å². The minimum Gasteiger partial charge on any atom is -0.467 e. The average Bonchev–Trinajstić information content (AvgIpc) is 2.19. The lowest BCUT2D eigenvalue weighted by molar-refractivity contribution is -0.280. The van der Waals surface area contributed by atoms with Gasteiger partial charge in [0, 0.05) is 0 Å². The average molecular weight is 208 g/mol. The highest BCUT2D eigenvalue weighted by Gasteiger charge is 2.46. The first-order valence-corrected chi connectivity index (χ1v) is 3.94. The van der Waals surface area contributed by atoms with E-state index >= 15 is 0 Å². The molecule has 1 saturated heterocycles. The van der Waals surface area contributed by atoms with E-state index in [0.717, 1.165) is 7.11 Å². The van der Waals surface area contributed by atoms with Crippen molar-refractivity contribution >= 4 is 5.97 Å². The van der Waals surface area contributed by atoms with Crippen LogP contribution in [0.3, 0.4) is 0 Å². The molecule has 0 aromatic rings. The first-order valence-electron chi connectivity index (χ1n) is 3.94. The first-order chi connectivity index (χ1) is 6.49. The third-order valence-electron chi connectivity index (χ3n) is 2.02. The fourth-order valence-electron chi connectivity index (χ4n) is 1.17. The van der Waals surface area contributed by atoms with Crippen molar-refractivity contribution in [3.8, 4) is 0 Å². The van der Waals surface area contributed by atoms with Crippen LogP contribution in [0.15, 0.2) is 0 Å². The van der Waals surface area contributed by atoms with E-state index in [2.05, 4.69) is 9.47 Å². The topological polar surface area (TPSA) is 116 Å². The van der Waals surface area contributed by atoms with Gasteiger partial charge in [0.25, 0.3) is 0 Å². The van der Waals surface area contributed by atoms with Crippen LogP contribution in [0.25, 0.3) is 0 Å². The highest BCUT2D eigenvalue weighted by Crippen LogP contribution is 2.20. The van der Waals surface area contributed by atoms with Crippen LogP contribution in [0, 0.1) is 0 Å². The maximum Gasteiger partial charge on any atom is 0.337 e. The summed E-state index contributed by atoms with van der Waals surface area (Å²) in [6.07, 6.45) is -8.14. The van der Waals surface area contributed by atoms with Gasteiger partial charge in [-0.3, -0.25) is 0 Å². The number of hydrogen-bond acceptors (Lipinski definition) is 7. The fourth-order valence-corrected chi connectivity index (χ4v) is 1.17. The summed E-state index contributed by atoms with van der Waals surface area (Å²) in [5.74, 6) is -0.928. The fraction of sp³-hybridized carbons (Fsp3) is 0.857. The molecule has 7 heteroatoms. The van der Waals surface area contributed by atoms with Crippen molar-refractivity contribution in [1.29, 1.82) is 0 Å². The maximum absolute atomic E-state index is 11.0. The lowest BCUT2D eigenvalue weighted by Gasteiger charge is -2.36. The van der Waals surface area contributed by atoms with Crippen molar-refractivity contribution in [3.05, 3.63) is 0 Å². The second-order valence-electron chi connectivity index (χ2n) is 2.94. The van der Waals surface area contributed by atoms with Gasteiger partial charge in [0.1, 0.15) is 18.3 Å². The van der Waals surface area contributed by atoms with E-state index in [1.54, 1.807) is 0 Å². The molecular formula is C7H12O7. The third-order valence-corrected chi connectivity index (χ3v) is 2.02. The number of aliphatic hydroxyl groups excluding tert-OH is 4. The van der Waals surface area contributed by atoms with Crippen LogP contribution in [0.4, 0.5) is 0 Å². The van der Waals surface area contributed by atoms with Gasteiger partial charge in [-0.1, -0.05) is 0 Å². The summed E-state index contributed by atoms with van der Waals surface area (Å²) in [5, 5.41) is 36.5. The Morgan fingerprint density at radius 2 is 1.71 bits per heavy atom. The number of ether oxygens (including phenoxy) is 2. The highest BCUT2D eigenvalue weighted by molar-refractivity contribution is 5.75. The van der Waals surface area contributed by atoms with E-state index in [4.69, 9.17) is 10.2 Å². The smallest absolute Gasteiger partial charge is 0.337 e. The molecule has 0 aliphatic carbocycles. The van der Waals surface area contributed by atoms with E-state index in [1.165, 1.54) is 0 Å². The van der Waals surface area contributed by atoms with Gasteiger partial charge in [-0.2, -0.15) is 0 Å². The van der Waals surface area contributed by atoms with E-state index in [0.29, 0.717) is 0 Å². The summed E-state index contributed by atoms with van der Waals surface area (Å²) >= 11 is 0. The molecular weight excluding hydrogens is 196 g/mol. The van der Waals surface area contributed by atoms with Gasteiger partial charge < -0.3 is 29.9 Å². The van der Waals surface area contributed by atoms with E-state index in [-0.39, 0.29) is 0 Å². The van der Waals surface area contributed by atoms with Crippen LogP contribution in [-0.4, -0.2) is 64.2 Å². The zero-order valence-corrected chi connectivity index (χ0v) is 7.40. The molecule has 0 amide bonds. The van der Waals surface area contributed by atoms with Gasteiger partial charge >= 0.3 is 5.97 Å². The Kier molecular flexibility index (Phi) is 3.40. The molecule has 0 unspecified atom stereocenters. The van der Waals surface area contributed by atoms with Gasteiger partial charge in [-0.05, 0) is 0 Å². The lowest BCUT2D eigenvalue weighted by atomic mass is 9.99. The van der Waals surface area contributed by atoms with Crippen molar-refractivity contribution in [2.45, 2.75) is 30.7 Å². The Morgan fingerprint density at radius 3 is 2.21 bits per heavy atom. The first kappa shape index (κ1) is 11.3. The second kappa shape index (κ2) is 4.20. The zero-order valence-electron chi connectivity index (χ0n) is 7.40. The largest absolute Gasteiger partial charge is 0.467 e. The Balaban J connectivity index is 2.75. The van der Waals surface area contributed by atoms with E-state index in [1.807, 2.05) is 0 Å². The van der Waals surface area contributed by atoms with E-state index in [9.17, 15) is 15.0 Å². The second-order valence-corrected chi connectivity index (χ2v) is 2.94. The van der Waals surface area contributed by atoms with Gasteiger partial charge in [0.15, 0.2) is 12.4 Å². The Labute approximate surface area is 79.5 Å². The highest BCUT2D eigenvalue weighted by atomic mass is 16.7. The van der Waals surface area contributed by atoms with Crippen LogP contribution in [0.2, 0.25) is 0 Å². The predicted octanol–water partition coefficient (Wildman–Crippen LogP) is -3.04. The predicted molar refractivity (Wildman–Crippen MR) is 40.9 cm³/mol. The summed E-state index contributed by atoms with van der Waals surface area (Å²) in [6, 6.07) is 0. The van der Waals surface area contributed by atoms with Crippen LogP contribution < -0.4 is 0 Å². The molecule has 4 N–H and O–H groups in total. The molecule has 0 spiro atoms. The standard InChI is InChI=1S/C7H12O7/c1-13-7(12)5-3(9)2(8)4(10)6(11)14-5/h2-6,8-11H,1H3/t2-,3+,4+,5-,6-/m0/s1. The third kappa shape index (κ3) is 1.86. The Bertz CT molecular complexity index is 218. The molecule has 0 radical (unpaired) electrons. The number of rotatable bonds is 1. The van der Waals surface area contributed by atoms with Crippen molar-refractivity contribution < 1.29 is 34.7 Å². The molecule has 1 fully saturated rings. The molecule has 7 nitrogen and oxygen atoms in total. The maximum atomic E-state index is 11.0. The van der Waals surface area contributed by atoms with Crippen LogP contribution in [-0.2, 0) is 14.3 Å². The summed E-state index contributed by atoms with van der Waals surface area (Å²) in [4.78, 5) is 11.0. The van der Waals surface area contributed by atoms with Crippen LogP contribution >= 0.6 is 0 Å². The minimum atomic E-state index is -1.72. The summed E-state index contributed by atoms with van der Waals surface area (Å²) < 4.78 is 8.82. The molecule has 1 aliphatic heterocycles.